The summed E-state index contributed by atoms with van der Waals surface area (Å²) >= 11 is 1.66. The van der Waals surface area contributed by atoms with Gasteiger partial charge >= 0.3 is 0 Å². The van der Waals surface area contributed by atoms with Crippen LogP contribution in [0.2, 0.25) is 0 Å². The van der Waals surface area contributed by atoms with Crippen LogP contribution in [0.5, 0.6) is 0 Å². The zero-order valence-corrected chi connectivity index (χ0v) is 11.0. The monoisotopic (exact) mass is 254 g/mol. The number of hydrogen-bond acceptors (Lipinski definition) is 4. The quantitative estimate of drug-likeness (QED) is 0.863. The van der Waals surface area contributed by atoms with E-state index in [4.69, 9.17) is 4.74 Å². The number of amides is 1. The SMILES string of the molecule is CC(=O)Nc1ccsc1CNC1(C)CCOC1. The largest absolute Gasteiger partial charge is 0.379 e. The first kappa shape index (κ1) is 12.5. The molecule has 2 rings (SSSR count). The Morgan fingerprint density at radius 3 is 3.12 bits per heavy atom. The molecule has 1 aromatic rings. The zero-order chi connectivity index (χ0) is 12.3. The number of nitrogens with one attached hydrogen (secondary N) is 2. The predicted octanol–water partition coefficient (Wildman–Crippen LogP) is 1.98. The summed E-state index contributed by atoms with van der Waals surface area (Å²) in [5, 5.41) is 8.35. The molecule has 94 valence electrons. The van der Waals surface area contributed by atoms with Gasteiger partial charge in [0.2, 0.25) is 5.91 Å². The Kier molecular flexibility index (Phi) is 3.81. The molecule has 0 spiro atoms. The van der Waals surface area contributed by atoms with Crippen LogP contribution in [0, 0.1) is 0 Å². The van der Waals surface area contributed by atoms with E-state index in [0.717, 1.165) is 36.7 Å². The lowest BCUT2D eigenvalue weighted by atomic mass is 10.0. The van der Waals surface area contributed by atoms with Crippen molar-refractivity contribution >= 4 is 22.9 Å². The number of rotatable bonds is 4. The van der Waals surface area contributed by atoms with E-state index in [1.807, 2.05) is 11.4 Å². The summed E-state index contributed by atoms with van der Waals surface area (Å²) in [6.45, 7) is 6.06. The Morgan fingerprint density at radius 1 is 1.65 bits per heavy atom. The van der Waals surface area contributed by atoms with E-state index in [1.54, 1.807) is 11.3 Å². The first-order chi connectivity index (χ1) is 8.09. The Morgan fingerprint density at radius 2 is 2.47 bits per heavy atom. The number of hydrogen-bond donors (Lipinski definition) is 2. The Labute approximate surface area is 105 Å². The molecule has 1 amide bonds. The number of thiophene rings is 1. The highest BCUT2D eigenvalue weighted by Crippen LogP contribution is 2.24. The molecule has 1 atom stereocenters. The molecule has 0 saturated carbocycles. The van der Waals surface area contributed by atoms with E-state index in [9.17, 15) is 4.79 Å². The van der Waals surface area contributed by atoms with Gasteiger partial charge in [0.05, 0.1) is 12.3 Å². The molecule has 17 heavy (non-hydrogen) atoms. The summed E-state index contributed by atoms with van der Waals surface area (Å²) in [4.78, 5) is 12.2. The fourth-order valence-corrected chi connectivity index (χ4v) is 2.65. The van der Waals surface area contributed by atoms with Crippen molar-refractivity contribution in [3.63, 3.8) is 0 Å². The zero-order valence-electron chi connectivity index (χ0n) is 10.2. The molecular weight excluding hydrogens is 236 g/mol. The van der Waals surface area contributed by atoms with Crippen molar-refractivity contribution in [2.24, 2.45) is 0 Å². The van der Waals surface area contributed by atoms with Crippen LogP contribution in [-0.2, 0) is 16.1 Å². The Hall–Kier alpha value is -0.910. The van der Waals surface area contributed by atoms with Gasteiger partial charge in [0, 0.05) is 30.5 Å². The van der Waals surface area contributed by atoms with E-state index in [0.29, 0.717) is 0 Å². The second-order valence-corrected chi connectivity index (χ2v) is 5.66. The molecule has 1 aliphatic rings. The van der Waals surface area contributed by atoms with Crippen molar-refractivity contribution in [2.75, 3.05) is 18.5 Å². The number of carbonyl (C=O) groups is 1. The molecule has 2 N–H and O–H groups in total. The fourth-order valence-electron chi connectivity index (χ4n) is 1.88. The minimum atomic E-state index is -0.0277. The Bertz CT molecular complexity index is 397. The number of ether oxygens (including phenoxy) is 1. The van der Waals surface area contributed by atoms with Crippen LogP contribution < -0.4 is 10.6 Å². The molecular formula is C12H18N2O2S. The molecule has 0 aliphatic carbocycles. The van der Waals surface area contributed by atoms with Gasteiger partial charge in [0.1, 0.15) is 0 Å². The van der Waals surface area contributed by atoms with Gasteiger partial charge in [-0.15, -0.1) is 11.3 Å². The lowest BCUT2D eigenvalue weighted by Crippen LogP contribution is -2.42. The second kappa shape index (κ2) is 5.16. The van der Waals surface area contributed by atoms with Crippen LogP contribution in [-0.4, -0.2) is 24.7 Å². The third kappa shape index (κ3) is 3.28. The smallest absolute Gasteiger partial charge is 0.221 e. The summed E-state index contributed by atoms with van der Waals surface area (Å²) in [5.41, 5.74) is 0.981. The summed E-state index contributed by atoms with van der Waals surface area (Å²) in [5.74, 6) is -0.0277. The van der Waals surface area contributed by atoms with E-state index >= 15 is 0 Å². The van der Waals surface area contributed by atoms with Gasteiger partial charge in [-0.05, 0) is 24.8 Å². The second-order valence-electron chi connectivity index (χ2n) is 4.66. The van der Waals surface area contributed by atoms with Crippen LogP contribution in [0.1, 0.15) is 25.1 Å². The molecule has 2 heterocycles. The molecule has 1 fully saturated rings. The first-order valence-electron chi connectivity index (χ1n) is 5.76. The topological polar surface area (TPSA) is 50.4 Å². The molecule has 4 nitrogen and oxygen atoms in total. The summed E-state index contributed by atoms with van der Waals surface area (Å²) in [7, 11) is 0. The average Bonchev–Trinajstić information content (AvgIpc) is 2.85. The van der Waals surface area contributed by atoms with Gasteiger partial charge in [-0.25, -0.2) is 0 Å². The number of anilines is 1. The van der Waals surface area contributed by atoms with E-state index in [2.05, 4.69) is 17.6 Å². The third-order valence-corrected chi connectivity index (χ3v) is 3.87. The molecule has 1 unspecified atom stereocenters. The van der Waals surface area contributed by atoms with Gasteiger partial charge in [-0.3, -0.25) is 4.79 Å². The van der Waals surface area contributed by atoms with Crippen LogP contribution in [0.4, 0.5) is 5.69 Å². The molecule has 0 radical (unpaired) electrons. The lowest BCUT2D eigenvalue weighted by Gasteiger charge is -2.23. The highest BCUT2D eigenvalue weighted by atomic mass is 32.1. The highest BCUT2D eigenvalue weighted by molar-refractivity contribution is 7.10. The summed E-state index contributed by atoms with van der Waals surface area (Å²) in [6.07, 6.45) is 1.04. The van der Waals surface area contributed by atoms with E-state index < -0.39 is 0 Å². The van der Waals surface area contributed by atoms with Crippen molar-refractivity contribution in [2.45, 2.75) is 32.4 Å². The van der Waals surface area contributed by atoms with Gasteiger partial charge in [-0.2, -0.15) is 0 Å². The predicted molar refractivity (Wildman–Crippen MR) is 69.3 cm³/mol. The van der Waals surface area contributed by atoms with Crippen LogP contribution in [0.15, 0.2) is 11.4 Å². The molecule has 1 saturated heterocycles. The van der Waals surface area contributed by atoms with Crippen molar-refractivity contribution < 1.29 is 9.53 Å². The standard InChI is InChI=1S/C12H18N2O2S/c1-9(15)14-10-3-6-17-11(10)7-13-12(2)4-5-16-8-12/h3,6,13H,4-5,7-8H2,1-2H3,(H,14,15). The maximum Gasteiger partial charge on any atom is 0.221 e. The normalized spacial score (nSPS) is 23.9. The Balaban J connectivity index is 1.94. The minimum Gasteiger partial charge on any atom is -0.379 e. The van der Waals surface area contributed by atoms with Gasteiger partial charge < -0.3 is 15.4 Å². The maximum absolute atomic E-state index is 11.0. The van der Waals surface area contributed by atoms with Crippen molar-refractivity contribution in [1.82, 2.24) is 5.32 Å². The molecule has 0 bridgehead atoms. The lowest BCUT2D eigenvalue weighted by molar-refractivity contribution is -0.114. The van der Waals surface area contributed by atoms with Gasteiger partial charge in [0.25, 0.3) is 0 Å². The third-order valence-electron chi connectivity index (χ3n) is 2.95. The van der Waals surface area contributed by atoms with E-state index in [-0.39, 0.29) is 11.4 Å². The summed E-state index contributed by atoms with van der Waals surface area (Å²) in [6, 6.07) is 1.94. The average molecular weight is 254 g/mol. The van der Waals surface area contributed by atoms with Crippen molar-refractivity contribution in [1.29, 1.82) is 0 Å². The minimum absolute atomic E-state index is 0.0277. The fraction of sp³-hybridized carbons (Fsp3) is 0.583. The van der Waals surface area contributed by atoms with Crippen LogP contribution in [0.3, 0.4) is 0 Å². The highest BCUT2D eigenvalue weighted by Gasteiger charge is 2.29. The van der Waals surface area contributed by atoms with Crippen molar-refractivity contribution in [3.05, 3.63) is 16.3 Å². The summed E-state index contributed by atoms with van der Waals surface area (Å²) < 4.78 is 5.40. The molecule has 1 aromatic heterocycles. The molecule has 1 aliphatic heterocycles. The first-order valence-corrected chi connectivity index (χ1v) is 6.64. The van der Waals surface area contributed by atoms with Crippen molar-refractivity contribution in [3.8, 4) is 0 Å². The molecule has 0 aromatic carbocycles. The van der Waals surface area contributed by atoms with Gasteiger partial charge in [0.15, 0.2) is 0 Å². The molecule has 5 heteroatoms. The number of carbonyl (C=O) groups excluding carboxylic acids is 1. The maximum atomic E-state index is 11.0. The van der Waals surface area contributed by atoms with Crippen LogP contribution >= 0.6 is 11.3 Å². The van der Waals surface area contributed by atoms with Gasteiger partial charge in [-0.1, -0.05) is 0 Å². The van der Waals surface area contributed by atoms with Crippen LogP contribution in [0.25, 0.3) is 0 Å². The van der Waals surface area contributed by atoms with E-state index in [1.165, 1.54) is 6.92 Å².